The van der Waals surface area contributed by atoms with Gasteiger partial charge >= 0.3 is 0 Å². The van der Waals surface area contributed by atoms with Crippen molar-refractivity contribution in [2.24, 2.45) is 0 Å². The summed E-state index contributed by atoms with van der Waals surface area (Å²) in [6, 6.07) is 18.4. The number of thiophene rings is 1. The van der Waals surface area contributed by atoms with Crippen LogP contribution in [0.5, 0.6) is 0 Å². The van der Waals surface area contributed by atoms with E-state index in [4.69, 9.17) is 0 Å². The van der Waals surface area contributed by atoms with Crippen molar-refractivity contribution in [2.75, 3.05) is 37.0 Å². The zero-order valence-electron chi connectivity index (χ0n) is 17.4. The lowest BCUT2D eigenvalue weighted by atomic mass is 10.2. The molecule has 2 aromatic carbocycles. The molecule has 0 radical (unpaired) electrons. The Morgan fingerprint density at radius 3 is 2.25 bits per heavy atom. The second-order valence-electron chi connectivity index (χ2n) is 7.56. The van der Waals surface area contributed by atoms with Crippen LogP contribution in [0.2, 0.25) is 0 Å². The first-order valence-electron chi connectivity index (χ1n) is 10.3. The van der Waals surface area contributed by atoms with E-state index in [0.29, 0.717) is 13.1 Å². The van der Waals surface area contributed by atoms with Crippen LogP contribution in [-0.4, -0.2) is 56.8 Å². The Morgan fingerprint density at radius 2 is 1.62 bits per heavy atom. The molecule has 1 aliphatic heterocycles. The van der Waals surface area contributed by atoms with Crippen LogP contribution < -0.4 is 4.31 Å². The Bertz CT molecular complexity index is 1130. The topological polar surface area (TPSA) is 60.9 Å². The lowest BCUT2D eigenvalue weighted by molar-refractivity contribution is -0.131. The van der Waals surface area contributed by atoms with Gasteiger partial charge in [0.05, 0.1) is 5.69 Å². The Hall–Kier alpha value is -2.75. The van der Waals surface area contributed by atoms with Crippen LogP contribution >= 0.6 is 11.3 Å². The number of hydrogen-bond donors (Lipinski definition) is 0. The first-order valence-corrected chi connectivity index (χ1v) is 12.6. The molecule has 0 spiro atoms. The van der Waals surface area contributed by atoms with Gasteiger partial charge in [-0.2, -0.15) is 0 Å². The van der Waals surface area contributed by atoms with E-state index in [9.17, 15) is 17.6 Å². The number of nitrogens with zero attached hydrogens (tertiary/aromatic N) is 3. The molecule has 0 aliphatic carbocycles. The number of carbonyl (C=O) groups is 1. The van der Waals surface area contributed by atoms with Gasteiger partial charge in [-0.3, -0.25) is 14.0 Å². The Morgan fingerprint density at radius 1 is 0.938 bits per heavy atom. The minimum absolute atomic E-state index is 0.141. The molecule has 1 aromatic heterocycles. The summed E-state index contributed by atoms with van der Waals surface area (Å²) in [4.78, 5) is 17.0. The van der Waals surface area contributed by atoms with Crippen LogP contribution in [0.15, 0.2) is 76.3 Å². The molecular formula is C23H24FN3O3S2. The number of sulfonamides is 1. The third-order valence-corrected chi connectivity index (χ3v) is 8.55. The van der Waals surface area contributed by atoms with Gasteiger partial charge in [0.15, 0.2) is 0 Å². The molecule has 0 atom stereocenters. The fourth-order valence-corrected chi connectivity index (χ4v) is 6.18. The minimum atomic E-state index is -3.94. The predicted molar refractivity (Wildman–Crippen MR) is 124 cm³/mol. The molecule has 0 N–H and O–H groups in total. The lowest BCUT2D eigenvalue weighted by Crippen LogP contribution is -2.51. The van der Waals surface area contributed by atoms with Crippen LogP contribution in [0.3, 0.4) is 0 Å². The number of amides is 1. The molecule has 1 amide bonds. The van der Waals surface area contributed by atoms with Crippen molar-refractivity contribution in [1.82, 2.24) is 9.80 Å². The van der Waals surface area contributed by atoms with E-state index in [1.165, 1.54) is 35.9 Å². The van der Waals surface area contributed by atoms with Gasteiger partial charge in [0.1, 0.15) is 16.6 Å². The molecule has 1 fully saturated rings. The quantitative estimate of drug-likeness (QED) is 0.528. The average molecular weight is 474 g/mol. The van der Waals surface area contributed by atoms with E-state index in [-0.39, 0.29) is 22.3 Å². The number of hydrogen-bond acceptors (Lipinski definition) is 5. The molecule has 6 nitrogen and oxygen atoms in total. The zero-order chi connectivity index (χ0) is 22.6. The first kappa shape index (κ1) is 22.4. The third-order valence-electron chi connectivity index (χ3n) is 5.41. The van der Waals surface area contributed by atoms with Crippen LogP contribution in [0, 0.1) is 5.82 Å². The van der Waals surface area contributed by atoms with Crippen LogP contribution in [-0.2, 0) is 21.4 Å². The van der Waals surface area contributed by atoms with Gasteiger partial charge in [-0.15, -0.1) is 11.3 Å². The summed E-state index contributed by atoms with van der Waals surface area (Å²) >= 11 is 1.08. The number of anilines is 1. The van der Waals surface area contributed by atoms with Gasteiger partial charge in [0, 0.05) is 32.7 Å². The van der Waals surface area contributed by atoms with Gasteiger partial charge in [-0.1, -0.05) is 36.4 Å². The molecule has 1 saturated heterocycles. The summed E-state index contributed by atoms with van der Waals surface area (Å²) in [7, 11) is -3.94. The molecule has 0 unspecified atom stereocenters. The van der Waals surface area contributed by atoms with Crippen molar-refractivity contribution < 1.29 is 17.6 Å². The highest BCUT2D eigenvalue weighted by molar-refractivity contribution is 7.94. The number of halogens is 1. The summed E-state index contributed by atoms with van der Waals surface area (Å²) in [5.74, 6) is -0.739. The van der Waals surface area contributed by atoms with Crippen molar-refractivity contribution >= 4 is 33.0 Å². The summed E-state index contributed by atoms with van der Waals surface area (Å²) in [5, 5.41) is 1.67. The molecule has 0 bridgehead atoms. The van der Waals surface area contributed by atoms with E-state index in [1.54, 1.807) is 16.3 Å². The number of carbonyl (C=O) groups excluding carboxylic acids is 1. The molecule has 2 heterocycles. The highest BCUT2D eigenvalue weighted by Crippen LogP contribution is 2.27. The van der Waals surface area contributed by atoms with Crippen molar-refractivity contribution in [3.05, 3.63) is 83.5 Å². The maximum absolute atomic E-state index is 13.4. The maximum atomic E-state index is 13.4. The lowest BCUT2D eigenvalue weighted by Gasteiger charge is -2.36. The van der Waals surface area contributed by atoms with Gasteiger partial charge in [0.2, 0.25) is 5.91 Å². The summed E-state index contributed by atoms with van der Waals surface area (Å²) < 4.78 is 41.1. The van der Waals surface area contributed by atoms with E-state index < -0.39 is 15.8 Å². The second kappa shape index (κ2) is 9.81. The minimum Gasteiger partial charge on any atom is -0.339 e. The SMILES string of the molecule is O=C(CN(c1ccc(F)cc1)S(=O)(=O)c1cccs1)N1CCN(Cc2ccccc2)CC1. The molecule has 1 aliphatic rings. The Labute approximate surface area is 191 Å². The number of rotatable bonds is 7. The van der Waals surface area contributed by atoms with Crippen molar-refractivity contribution in [3.63, 3.8) is 0 Å². The molecule has 168 valence electrons. The normalized spacial score (nSPS) is 15.0. The largest absolute Gasteiger partial charge is 0.339 e. The van der Waals surface area contributed by atoms with Gasteiger partial charge in [-0.05, 0) is 41.3 Å². The molecule has 4 rings (SSSR count). The van der Waals surface area contributed by atoms with Gasteiger partial charge in [0.25, 0.3) is 10.0 Å². The van der Waals surface area contributed by atoms with Gasteiger partial charge in [-0.25, -0.2) is 12.8 Å². The molecule has 3 aromatic rings. The summed E-state index contributed by atoms with van der Waals surface area (Å²) in [6.45, 7) is 2.98. The summed E-state index contributed by atoms with van der Waals surface area (Å²) in [6.07, 6.45) is 0. The standard InChI is InChI=1S/C23H24FN3O3S2/c24-20-8-10-21(11-9-20)27(32(29,30)23-7-4-16-31-23)18-22(28)26-14-12-25(13-15-26)17-19-5-2-1-3-6-19/h1-11,16H,12-15,17-18H2. The molecular weight excluding hydrogens is 449 g/mol. The molecule has 0 saturated carbocycles. The van der Waals surface area contributed by atoms with Crippen molar-refractivity contribution in [2.45, 2.75) is 10.8 Å². The van der Waals surface area contributed by atoms with E-state index in [2.05, 4.69) is 17.0 Å². The highest BCUT2D eigenvalue weighted by atomic mass is 32.2. The van der Waals surface area contributed by atoms with Gasteiger partial charge < -0.3 is 4.90 Å². The monoisotopic (exact) mass is 473 g/mol. The molecule has 9 heteroatoms. The number of benzene rings is 2. The Kier molecular flexibility index (Phi) is 6.88. The first-order chi connectivity index (χ1) is 15.4. The fraction of sp³-hybridized carbons (Fsp3) is 0.261. The van der Waals surface area contributed by atoms with E-state index in [0.717, 1.165) is 35.3 Å². The average Bonchev–Trinajstić information content (AvgIpc) is 3.35. The van der Waals surface area contributed by atoms with E-state index >= 15 is 0 Å². The second-order valence-corrected chi connectivity index (χ2v) is 10.6. The fourth-order valence-electron chi connectivity index (χ4n) is 3.66. The summed E-state index contributed by atoms with van der Waals surface area (Å²) in [5.41, 5.74) is 1.48. The molecule has 32 heavy (non-hydrogen) atoms. The maximum Gasteiger partial charge on any atom is 0.274 e. The van der Waals surface area contributed by atoms with Crippen molar-refractivity contribution in [3.8, 4) is 0 Å². The Balaban J connectivity index is 1.45. The predicted octanol–water partition coefficient (Wildman–Crippen LogP) is 3.43. The number of piperazine rings is 1. The van der Waals surface area contributed by atoms with Crippen LogP contribution in [0.25, 0.3) is 0 Å². The third kappa shape index (κ3) is 5.17. The van der Waals surface area contributed by atoms with E-state index in [1.807, 2.05) is 18.2 Å². The zero-order valence-corrected chi connectivity index (χ0v) is 19.1. The highest BCUT2D eigenvalue weighted by Gasteiger charge is 2.30. The van der Waals surface area contributed by atoms with Crippen molar-refractivity contribution in [1.29, 1.82) is 0 Å². The van der Waals surface area contributed by atoms with Crippen LogP contribution in [0.4, 0.5) is 10.1 Å². The smallest absolute Gasteiger partial charge is 0.274 e. The van der Waals surface area contributed by atoms with Crippen LogP contribution in [0.1, 0.15) is 5.56 Å².